The second kappa shape index (κ2) is 14.0. The highest BCUT2D eigenvalue weighted by atomic mass is 14.3. The van der Waals surface area contributed by atoms with Crippen LogP contribution in [0.25, 0.3) is 0 Å². The Morgan fingerprint density at radius 1 is 0.704 bits per heavy atom. The van der Waals surface area contributed by atoms with Gasteiger partial charge in [-0.2, -0.15) is 5.26 Å². The summed E-state index contributed by atoms with van der Waals surface area (Å²) < 4.78 is 0. The minimum atomic E-state index is 0.949. The Labute approximate surface area is 169 Å². The van der Waals surface area contributed by atoms with Gasteiger partial charge >= 0.3 is 0 Å². The molecule has 0 aromatic carbocycles. The molecule has 0 aliphatic heterocycles. The third kappa shape index (κ3) is 9.64. The summed E-state index contributed by atoms with van der Waals surface area (Å²) in [5.74, 6) is 4.09. The number of unbranched alkanes of at least 4 members (excludes halogenated alkanes) is 2. The summed E-state index contributed by atoms with van der Waals surface area (Å²) in [4.78, 5) is 0. The fraction of sp³-hybridized carbons (Fsp3) is 0.808. The summed E-state index contributed by atoms with van der Waals surface area (Å²) in [6.07, 6.45) is 30.9. The van der Waals surface area contributed by atoms with E-state index in [0.29, 0.717) is 0 Å². The zero-order valence-corrected chi connectivity index (χ0v) is 17.9. The molecule has 2 fully saturated rings. The summed E-state index contributed by atoms with van der Waals surface area (Å²) in [7, 11) is 0. The molecule has 27 heavy (non-hydrogen) atoms. The fourth-order valence-corrected chi connectivity index (χ4v) is 5.38. The molecule has 2 aliphatic rings. The van der Waals surface area contributed by atoms with Crippen LogP contribution >= 0.6 is 0 Å². The molecule has 0 aromatic heterocycles. The molecular formula is C26H43N. The number of allylic oxidation sites excluding steroid dienone is 4. The Bertz CT molecular complexity index is 453. The van der Waals surface area contributed by atoms with Crippen molar-refractivity contribution >= 4 is 0 Å². The van der Waals surface area contributed by atoms with Crippen molar-refractivity contribution in [3.05, 3.63) is 24.3 Å². The summed E-state index contributed by atoms with van der Waals surface area (Å²) in [6.45, 7) is 2.32. The quantitative estimate of drug-likeness (QED) is 0.204. The Hall–Kier alpha value is -1.03. The minimum absolute atomic E-state index is 0.949. The number of nitrogens with zero attached hydrogens (tertiary/aromatic N) is 1. The van der Waals surface area contributed by atoms with Crippen LogP contribution in [0.1, 0.15) is 110 Å². The van der Waals surface area contributed by atoms with Crippen molar-refractivity contribution in [2.24, 2.45) is 23.7 Å². The lowest BCUT2D eigenvalue weighted by Gasteiger charge is -2.32. The molecule has 2 aliphatic carbocycles. The average molecular weight is 370 g/mol. The Balaban J connectivity index is 1.50. The number of hydrogen-bond donors (Lipinski definition) is 0. The van der Waals surface area contributed by atoms with Gasteiger partial charge in [-0.15, -0.1) is 0 Å². The van der Waals surface area contributed by atoms with E-state index in [-0.39, 0.29) is 0 Å². The largest absolute Gasteiger partial charge is 0.193 e. The molecule has 152 valence electrons. The molecule has 0 atom stereocenters. The van der Waals surface area contributed by atoms with Crippen molar-refractivity contribution in [2.75, 3.05) is 0 Å². The molecule has 0 N–H and O–H groups in total. The van der Waals surface area contributed by atoms with E-state index in [2.05, 4.69) is 13.0 Å². The zero-order valence-electron chi connectivity index (χ0n) is 17.9. The van der Waals surface area contributed by atoms with Gasteiger partial charge in [0.25, 0.3) is 0 Å². The zero-order chi connectivity index (χ0) is 19.2. The van der Waals surface area contributed by atoms with E-state index in [4.69, 9.17) is 5.26 Å². The van der Waals surface area contributed by atoms with Gasteiger partial charge in [0.2, 0.25) is 0 Å². The Morgan fingerprint density at radius 2 is 1.22 bits per heavy atom. The second-order valence-electron chi connectivity index (χ2n) is 9.34. The summed E-state index contributed by atoms with van der Waals surface area (Å²) in [6, 6.07) is 2.03. The average Bonchev–Trinajstić information content (AvgIpc) is 2.71. The van der Waals surface area contributed by atoms with E-state index >= 15 is 0 Å². The van der Waals surface area contributed by atoms with Crippen LogP contribution in [0.3, 0.4) is 0 Å². The van der Waals surface area contributed by atoms with E-state index in [1.165, 1.54) is 103 Å². The van der Waals surface area contributed by atoms with Gasteiger partial charge in [0.15, 0.2) is 0 Å². The van der Waals surface area contributed by atoms with E-state index < -0.39 is 0 Å². The van der Waals surface area contributed by atoms with Gasteiger partial charge in [-0.05, 0) is 36.5 Å². The van der Waals surface area contributed by atoms with Gasteiger partial charge < -0.3 is 0 Å². The second-order valence-corrected chi connectivity index (χ2v) is 9.34. The van der Waals surface area contributed by atoms with Crippen LogP contribution in [-0.2, 0) is 0 Å². The first-order valence-electron chi connectivity index (χ1n) is 12.0. The van der Waals surface area contributed by atoms with Crippen LogP contribution < -0.4 is 0 Å². The van der Waals surface area contributed by atoms with Gasteiger partial charge in [0.05, 0.1) is 6.07 Å². The van der Waals surface area contributed by atoms with Gasteiger partial charge in [-0.1, -0.05) is 115 Å². The van der Waals surface area contributed by atoms with Crippen molar-refractivity contribution in [3.8, 4) is 6.07 Å². The smallest absolute Gasteiger partial charge is 0.0912 e. The molecule has 0 saturated heterocycles. The van der Waals surface area contributed by atoms with E-state index in [1.54, 1.807) is 6.08 Å². The van der Waals surface area contributed by atoms with Crippen molar-refractivity contribution in [1.29, 1.82) is 5.26 Å². The van der Waals surface area contributed by atoms with Gasteiger partial charge in [0.1, 0.15) is 0 Å². The monoisotopic (exact) mass is 369 g/mol. The third-order valence-electron chi connectivity index (χ3n) is 7.29. The molecule has 0 aromatic rings. The molecule has 2 saturated carbocycles. The summed E-state index contributed by atoms with van der Waals surface area (Å²) >= 11 is 0. The van der Waals surface area contributed by atoms with Crippen molar-refractivity contribution in [1.82, 2.24) is 0 Å². The lowest BCUT2D eigenvalue weighted by atomic mass is 9.74. The molecular weight excluding hydrogens is 326 g/mol. The van der Waals surface area contributed by atoms with Crippen LogP contribution in [0, 0.1) is 35.0 Å². The van der Waals surface area contributed by atoms with Gasteiger partial charge in [-0.25, -0.2) is 0 Å². The Morgan fingerprint density at radius 3 is 1.74 bits per heavy atom. The van der Waals surface area contributed by atoms with Crippen molar-refractivity contribution in [3.63, 3.8) is 0 Å². The first-order chi connectivity index (χ1) is 13.3. The lowest BCUT2D eigenvalue weighted by Crippen LogP contribution is -2.18. The SMILES string of the molecule is CCCCC[C@H]1CC[C@H](CC[C@H]2CC[C@H](CCC=CC=CC#N)CC2)CC1. The summed E-state index contributed by atoms with van der Waals surface area (Å²) in [5, 5.41) is 8.46. The van der Waals surface area contributed by atoms with Crippen LogP contribution in [0.5, 0.6) is 0 Å². The first-order valence-corrected chi connectivity index (χ1v) is 12.0. The van der Waals surface area contributed by atoms with Crippen LogP contribution in [0.15, 0.2) is 24.3 Å². The lowest BCUT2D eigenvalue weighted by molar-refractivity contribution is 0.209. The summed E-state index contributed by atoms with van der Waals surface area (Å²) in [5.41, 5.74) is 0. The molecule has 2 rings (SSSR count). The highest BCUT2D eigenvalue weighted by Crippen LogP contribution is 2.38. The van der Waals surface area contributed by atoms with Crippen molar-refractivity contribution in [2.45, 2.75) is 110 Å². The van der Waals surface area contributed by atoms with Crippen LogP contribution in [0.4, 0.5) is 0 Å². The predicted octanol–water partition coefficient (Wildman–Crippen LogP) is 8.38. The van der Waals surface area contributed by atoms with Gasteiger partial charge in [-0.3, -0.25) is 0 Å². The molecule has 1 nitrogen and oxygen atoms in total. The van der Waals surface area contributed by atoms with E-state index in [0.717, 1.165) is 23.7 Å². The molecule has 1 heteroatoms. The molecule has 0 amide bonds. The number of rotatable bonds is 11. The maximum Gasteiger partial charge on any atom is 0.0912 e. The molecule has 0 bridgehead atoms. The number of nitriles is 1. The molecule has 0 unspecified atom stereocenters. The molecule has 0 spiro atoms. The maximum absolute atomic E-state index is 8.46. The van der Waals surface area contributed by atoms with Crippen LogP contribution in [0.2, 0.25) is 0 Å². The topological polar surface area (TPSA) is 23.8 Å². The normalized spacial score (nSPS) is 29.3. The van der Waals surface area contributed by atoms with Crippen molar-refractivity contribution < 1.29 is 0 Å². The number of hydrogen-bond acceptors (Lipinski definition) is 1. The Kier molecular flexibility index (Phi) is 11.6. The minimum Gasteiger partial charge on any atom is -0.193 e. The van der Waals surface area contributed by atoms with Crippen LogP contribution in [-0.4, -0.2) is 0 Å². The standard InChI is InChI=1S/C26H43N/c1-2-3-7-10-23-12-16-25(17-13-23)20-21-26-18-14-24(15-19-26)11-8-5-4-6-9-22-27/h4-6,9,23-26H,2-3,7-8,10-21H2,1H3/t23-,24-,25-,26-. The van der Waals surface area contributed by atoms with E-state index in [9.17, 15) is 0 Å². The third-order valence-corrected chi connectivity index (χ3v) is 7.29. The molecule has 0 heterocycles. The molecule has 0 radical (unpaired) electrons. The highest BCUT2D eigenvalue weighted by molar-refractivity contribution is 5.11. The fourth-order valence-electron chi connectivity index (χ4n) is 5.38. The maximum atomic E-state index is 8.46. The highest BCUT2D eigenvalue weighted by Gasteiger charge is 2.24. The van der Waals surface area contributed by atoms with E-state index in [1.807, 2.05) is 18.2 Å². The first kappa shape index (κ1) is 22.3. The van der Waals surface area contributed by atoms with Gasteiger partial charge in [0, 0.05) is 6.08 Å². The predicted molar refractivity (Wildman–Crippen MR) is 117 cm³/mol.